The fourth-order valence-electron chi connectivity index (χ4n) is 0.923. The molecule has 0 N–H and O–H groups in total. The molecule has 54 valence electrons. The number of aliphatic imine (C=N–C) groups is 1. The van der Waals surface area contributed by atoms with E-state index < -0.39 is 0 Å². The minimum absolute atomic E-state index is 0.465. The molecular weight excluding hydrogens is 142 g/mol. The Morgan fingerprint density at radius 1 is 1.70 bits per heavy atom. The summed E-state index contributed by atoms with van der Waals surface area (Å²) in [5, 5.41) is 0.488. The normalized spacial score (nSPS) is 30.5. The van der Waals surface area contributed by atoms with Crippen molar-refractivity contribution >= 4 is 18.0 Å². The highest BCUT2D eigenvalue weighted by molar-refractivity contribution is 7.99. The van der Waals surface area contributed by atoms with E-state index in [0.717, 1.165) is 0 Å². The molecule has 0 aromatic rings. The maximum absolute atomic E-state index is 4.05. The van der Waals surface area contributed by atoms with Crippen LogP contribution in [0.3, 0.4) is 0 Å². The molecule has 0 radical (unpaired) electrons. The van der Waals surface area contributed by atoms with Gasteiger partial charge in [-0.15, -0.1) is 6.58 Å². The van der Waals surface area contributed by atoms with Gasteiger partial charge in [-0.3, -0.25) is 4.99 Å². The van der Waals surface area contributed by atoms with Gasteiger partial charge in [-0.1, -0.05) is 12.2 Å². The molecule has 0 spiro atoms. The molecule has 1 aliphatic heterocycles. The topological polar surface area (TPSA) is 12.4 Å². The Morgan fingerprint density at radius 3 is 3.00 bits per heavy atom. The monoisotopic (exact) mass is 153 g/mol. The van der Waals surface area contributed by atoms with Gasteiger partial charge < -0.3 is 0 Å². The summed E-state index contributed by atoms with van der Waals surface area (Å²) < 4.78 is 0. The zero-order chi connectivity index (χ0) is 7.40. The molecule has 2 atom stereocenters. The average Bonchev–Trinajstić information content (AvgIpc) is 2.04. The largest absolute Gasteiger partial charge is 0.268 e. The molecule has 0 saturated heterocycles. The highest BCUT2D eigenvalue weighted by Crippen LogP contribution is 2.20. The van der Waals surface area contributed by atoms with Crippen molar-refractivity contribution in [3.05, 3.63) is 24.9 Å². The third-order valence-corrected chi connectivity index (χ3v) is 2.53. The molecule has 1 heterocycles. The summed E-state index contributed by atoms with van der Waals surface area (Å²) in [4.78, 5) is 4.05. The van der Waals surface area contributed by atoms with Crippen molar-refractivity contribution in [2.45, 2.75) is 5.25 Å². The average molecular weight is 153 g/mol. The molecule has 10 heavy (non-hydrogen) atoms. The zero-order valence-electron chi connectivity index (χ0n) is 6.03. The SMILES string of the molecule is C=CC1C=CN=CC1SC. The summed E-state index contributed by atoms with van der Waals surface area (Å²) in [6.07, 6.45) is 9.93. The number of thioether (sulfide) groups is 1. The first kappa shape index (κ1) is 7.61. The zero-order valence-corrected chi connectivity index (χ0v) is 6.84. The molecule has 2 unspecified atom stereocenters. The highest BCUT2D eigenvalue weighted by atomic mass is 32.2. The Kier molecular flexibility index (Phi) is 2.75. The lowest BCUT2D eigenvalue weighted by Gasteiger charge is -2.16. The molecule has 2 heteroatoms. The van der Waals surface area contributed by atoms with Gasteiger partial charge in [0.25, 0.3) is 0 Å². The van der Waals surface area contributed by atoms with Gasteiger partial charge in [0.05, 0.1) is 0 Å². The van der Waals surface area contributed by atoms with Crippen LogP contribution in [-0.4, -0.2) is 17.7 Å². The lowest BCUT2D eigenvalue weighted by atomic mass is 10.1. The van der Waals surface area contributed by atoms with E-state index in [-0.39, 0.29) is 0 Å². The fraction of sp³-hybridized carbons (Fsp3) is 0.375. The molecular formula is C8H11NS. The van der Waals surface area contributed by atoms with Gasteiger partial charge in [0.1, 0.15) is 0 Å². The smallest absolute Gasteiger partial charge is 0.0495 e. The second-order valence-electron chi connectivity index (χ2n) is 2.15. The third kappa shape index (κ3) is 1.51. The van der Waals surface area contributed by atoms with Crippen LogP contribution < -0.4 is 0 Å². The minimum atomic E-state index is 0.465. The van der Waals surface area contributed by atoms with E-state index >= 15 is 0 Å². The lowest BCUT2D eigenvalue weighted by Crippen LogP contribution is -2.16. The Hall–Kier alpha value is -0.500. The van der Waals surface area contributed by atoms with Gasteiger partial charge in [-0.25, -0.2) is 0 Å². The van der Waals surface area contributed by atoms with Crippen LogP contribution in [0.4, 0.5) is 0 Å². The van der Waals surface area contributed by atoms with E-state index in [1.807, 2.05) is 18.5 Å². The first-order valence-corrected chi connectivity index (χ1v) is 4.52. The summed E-state index contributed by atoms with van der Waals surface area (Å²) in [5.74, 6) is 0.465. The van der Waals surface area contributed by atoms with Crippen LogP contribution in [0.1, 0.15) is 0 Å². The van der Waals surface area contributed by atoms with Crippen molar-refractivity contribution in [3.8, 4) is 0 Å². The number of allylic oxidation sites excluding steroid dienone is 2. The predicted octanol–water partition coefficient (Wildman–Crippen LogP) is 2.12. The van der Waals surface area contributed by atoms with Crippen LogP contribution in [-0.2, 0) is 0 Å². The molecule has 1 nitrogen and oxygen atoms in total. The summed E-state index contributed by atoms with van der Waals surface area (Å²) in [5.41, 5.74) is 0. The first-order valence-electron chi connectivity index (χ1n) is 3.24. The van der Waals surface area contributed by atoms with Crippen LogP contribution in [0.5, 0.6) is 0 Å². The quantitative estimate of drug-likeness (QED) is 0.553. The van der Waals surface area contributed by atoms with Crippen molar-refractivity contribution in [1.82, 2.24) is 0 Å². The number of hydrogen-bond acceptors (Lipinski definition) is 2. The van der Waals surface area contributed by atoms with Gasteiger partial charge in [0.2, 0.25) is 0 Å². The van der Waals surface area contributed by atoms with Crippen LogP contribution in [0.2, 0.25) is 0 Å². The van der Waals surface area contributed by atoms with Crippen molar-refractivity contribution in [2.75, 3.05) is 6.26 Å². The van der Waals surface area contributed by atoms with E-state index in [2.05, 4.69) is 23.9 Å². The van der Waals surface area contributed by atoms with Crippen molar-refractivity contribution in [2.24, 2.45) is 10.9 Å². The molecule has 0 aromatic carbocycles. The first-order chi connectivity index (χ1) is 4.88. The maximum atomic E-state index is 4.05. The third-order valence-electron chi connectivity index (χ3n) is 1.55. The Balaban J connectivity index is 2.63. The van der Waals surface area contributed by atoms with Gasteiger partial charge in [0.15, 0.2) is 0 Å². The standard InChI is InChI=1S/C8H11NS/c1-3-7-4-5-9-6-8(7)10-2/h3-8H,1H2,2H3. The highest BCUT2D eigenvalue weighted by Gasteiger charge is 2.13. The van der Waals surface area contributed by atoms with Crippen LogP contribution >= 0.6 is 11.8 Å². The van der Waals surface area contributed by atoms with Gasteiger partial charge in [0, 0.05) is 23.6 Å². The maximum Gasteiger partial charge on any atom is 0.0495 e. The van der Waals surface area contributed by atoms with Crippen molar-refractivity contribution in [1.29, 1.82) is 0 Å². The number of nitrogens with zero attached hydrogens (tertiary/aromatic N) is 1. The van der Waals surface area contributed by atoms with Crippen LogP contribution in [0.25, 0.3) is 0 Å². The molecule has 0 fully saturated rings. The molecule has 0 aromatic heterocycles. The fourth-order valence-corrected chi connectivity index (χ4v) is 1.63. The van der Waals surface area contributed by atoms with Gasteiger partial charge in [-0.2, -0.15) is 11.8 Å². The Bertz CT molecular complexity index is 172. The van der Waals surface area contributed by atoms with E-state index in [4.69, 9.17) is 0 Å². The van der Waals surface area contributed by atoms with Gasteiger partial charge >= 0.3 is 0 Å². The minimum Gasteiger partial charge on any atom is -0.268 e. The van der Waals surface area contributed by atoms with E-state index in [1.165, 1.54) is 0 Å². The van der Waals surface area contributed by atoms with Crippen LogP contribution in [0, 0.1) is 5.92 Å². The van der Waals surface area contributed by atoms with E-state index in [0.29, 0.717) is 11.2 Å². The van der Waals surface area contributed by atoms with E-state index in [1.54, 1.807) is 11.8 Å². The second kappa shape index (κ2) is 3.62. The Labute approximate surface area is 65.9 Å². The van der Waals surface area contributed by atoms with Gasteiger partial charge in [-0.05, 0) is 6.26 Å². The predicted molar refractivity (Wildman–Crippen MR) is 48.6 cm³/mol. The number of hydrogen-bond donors (Lipinski definition) is 0. The molecule has 0 bridgehead atoms. The molecule has 0 saturated carbocycles. The lowest BCUT2D eigenvalue weighted by molar-refractivity contribution is 0.877. The molecule has 0 aliphatic carbocycles. The van der Waals surface area contributed by atoms with E-state index in [9.17, 15) is 0 Å². The molecule has 0 amide bonds. The Morgan fingerprint density at radius 2 is 2.50 bits per heavy atom. The summed E-state index contributed by atoms with van der Waals surface area (Å²) in [6.45, 7) is 3.76. The number of rotatable bonds is 2. The molecule has 1 aliphatic rings. The van der Waals surface area contributed by atoms with Crippen molar-refractivity contribution in [3.63, 3.8) is 0 Å². The molecule has 1 rings (SSSR count). The van der Waals surface area contributed by atoms with Crippen molar-refractivity contribution < 1.29 is 0 Å². The summed E-state index contributed by atoms with van der Waals surface area (Å²) in [7, 11) is 0. The second-order valence-corrected chi connectivity index (χ2v) is 3.17. The van der Waals surface area contributed by atoms with Crippen LogP contribution in [0.15, 0.2) is 29.9 Å². The summed E-state index contributed by atoms with van der Waals surface area (Å²) in [6, 6.07) is 0. The summed E-state index contributed by atoms with van der Waals surface area (Å²) >= 11 is 1.81.